The molecule has 0 saturated heterocycles. The minimum Gasteiger partial charge on any atom is -0.443 e. The number of hydrazine groups is 1. The predicted molar refractivity (Wildman–Crippen MR) is 136 cm³/mol. The van der Waals surface area contributed by atoms with E-state index in [0.29, 0.717) is 11.1 Å². The van der Waals surface area contributed by atoms with Gasteiger partial charge in [0.1, 0.15) is 41.3 Å². The van der Waals surface area contributed by atoms with E-state index in [-0.39, 0.29) is 23.0 Å². The van der Waals surface area contributed by atoms with Crippen LogP contribution in [0.3, 0.4) is 0 Å². The van der Waals surface area contributed by atoms with E-state index in [4.69, 9.17) is 28.6 Å². The van der Waals surface area contributed by atoms with Crippen LogP contribution in [-0.4, -0.2) is 52.7 Å². The fourth-order valence-electron chi connectivity index (χ4n) is 3.40. The van der Waals surface area contributed by atoms with E-state index in [1.54, 1.807) is 32.9 Å². The fourth-order valence-corrected chi connectivity index (χ4v) is 3.82. The first-order valence-electron chi connectivity index (χ1n) is 11.0. The van der Waals surface area contributed by atoms with Crippen molar-refractivity contribution >= 4 is 40.8 Å². The molecule has 0 saturated carbocycles. The van der Waals surface area contributed by atoms with Gasteiger partial charge in [0.25, 0.3) is 0 Å². The number of anilines is 1. The lowest BCUT2D eigenvalue weighted by molar-refractivity contribution is -0.0574. The lowest BCUT2D eigenvalue weighted by Crippen LogP contribution is -2.61. The van der Waals surface area contributed by atoms with Crippen molar-refractivity contribution in [3.8, 4) is 0 Å². The van der Waals surface area contributed by atoms with Gasteiger partial charge in [-0.25, -0.2) is 33.7 Å². The van der Waals surface area contributed by atoms with Gasteiger partial charge in [-0.3, -0.25) is 5.01 Å². The average molecular weight is 554 g/mol. The van der Waals surface area contributed by atoms with Gasteiger partial charge in [0.15, 0.2) is 5.11 Å². The van der Waals surface area contributed by atoms with Crippen LogP contribution in [-0.2, 0) is 16.9 Å². The van der Waals surface area contributed by atoms with E-state index in [1.165, 1.54) is 30.5 Å². The molecule has 3 rings (SSSR count). The van der Waals surface area contributed by atoms with E-state index in [0.717, 1.165) is 17.1 Å². The van der Waals surface area contributed by atoms with E-state index in [2.05, 4.69) is 25.8 Å². The zero-order chi connectivity index (χ0) is 27.4. The molecule has 2 heterocycles. The number of nitrogens with zero attached hydrogens (tertiary/aromatic N) is 5. The van der Waals surface area contributed by atoms with Crippen LogP contribution >= 0.6 is 23.8 Å². The van der Waals surface area contributed by atoms with Crippen molar-refractivity contribution in [3.05, 3.63) is 71.4 Å². The largest absolute Gasteiger partial charge is 0.443 e. The standard InChI is InChI=1S/C23H26ClF2N7O3S/c1-14(23(35,11-32-13-27-12-29-32)17-7-6-16(25)9-18(17)26)33(31-21(34)36-22(2,3)4)20(37)30-19-8-5-15(24)10-28-19/h5-10,12-14,35H,11H2,1-4H3,(H,31,34)(H,28,30,37)/t14-,23-/m1/s1. The number of nitrogens with one attached hydrogen (secondary N) is 2. The van der Waals surface area contributed by atoms with Crippen molar-refractivity contribution in [2.24, 2.45) is 0 Å². The first kappa shape index (κ1) is 28.2. The zero-order valence-corrected chi connectivity index (χ0v) is 22.0. The Bertz CT molecular complexity index is 1240. The van der Waals surface area contributed by atoms with Gasteiger partial charge in [-0.1, -0.05) is 17.7 Å². The highest BCUT2D eigenvalue weighted by Gasteiger charge is 2.44. The monoisotopic (exact) mass is 553 g/mol. The maximum Gasteiger partial charge on any atom is 0.426 e. The number of pyridine rings is 1. The molecule has 1 aromatic carbocycles. The summed E-state index contributed by atoms with van der Waals surface area (Å²) in [4.78, 5) is 20.7. The first-order chi connectivity index (χ1) is 17.3. The summed E-state index contributed by atoms with van der Waals surface area (Å²) in [5, 5.41) is 20.2. The lowest BCUT2D eigenvalue weighted by Gasteiger charge is -2.42. The van der Waals surface area contributed by atoms with Gasteiger partial charge in [-0.2, -0.15) is 5.10 Å². The van der Waals surface area contributed by atoms with Gasteiger partial charge in [-0.15, -0.1) is 0 Å². The molecular weight excluding hydrogens is 528 g/mol. The maximum atomic E-state index is 15.0. The van der Waals surface area contributed by atoms with Crippen molar-refractivity contribution in [2.45, 2.75) is 51.5 Å². The van der Waals surface area contributed by atoms with Crippen LogP contribution in [0, 0.1) is 11.6 Å². The molecule has 0 unspecified atom stereocenters. The number of thiocarbonyl (C=S) groups is 1. The molecule has 0 aliphatic heterocycles. The number of hydrogen-bond donors (Lipinski definition) is 3. The Kier molecular flexibility index (Phi) is 8.61. The smallest absolute Gasteiger partial charge is 0.426 e. The molecule has 37 heavy (non-hydrogen) atoms. The number of carbonyl (C=O) groups excluding carboxylic acids is 1. The Morgan fingerprint density at radius 3 is 2.59 bits per heavy atom. The molecule has 14 heteroatoms. The molecule has 0 aliphatic carbocycles. The van der Waals surface area contributed by atoms with Gasteiger partial charge >= 0.3 is 6.09 Å². The van der Waals surface area contributed by atoms with Crippen LogP contribution in [0.4, 0.5) is 19.4 Å². The number of carbonyl (C=O) groups is 1. The second kappa shape index (κ2) is 11.3. The normalized spacial score (nSPS) is 13.8. The minimum absolute atomic E-state index is 0.118. The molecule has 2 atom stereocenters. The number of amides is 1. The highest BCUT2D eigenvalue weighted by molar-refractivity contribution is 7.80. The van der Waals surface area contributed by atoms with Crippen molar-refractivity contribution in [1.29, 1.82) is 0 Å². The van der Waals surface area contributed by atoms with E-state index >= 15 is 4.39 Å². The van der Waals surface area contributed by atoms with E-state index < -0.39 is 35.0 Å². The van der Waals surface area contributed by atoms with Crippen LogP contribution in [0.2, 0.25) is 5.02 Å². The molecule has 3 aromatic rings. The lowest BCUT2D eigenvalue weighted by atomic mass is 9.86. The predicted octanol–water partition coefficient (Wildman–Crippen LogP) is 4.02. The third kappa shape index (κ3) is 7.31. The Balaban J connectivity index is 2.04. The third-order valence-corrected chi connectivity index (χ3v) is 5.66. The topological polar surface area (TPSA) is 117 Å². The molecule has 0 bridgehead atoms. The van der Waals surface area contributed by atoms with Crippen LogP contribution in [0.25, 0.3) is 0 Å². The zero-order valence-electron chi connectivity index (χ0n) is 20.4. The number of rotatable bonds is 6. The van der Waals surface area contributed by atoms with Crippen molar-refractivity contribution in [3.63, 3.8) is 0 Å². The first-order valence-corrected chi connectivity index (χ1v) is 11.8. The molecule has 2 aromatic heterocycles. The molecule has 0 aliphatic rings. The summed E-state index contributed by atoms with van der Waals surface area (Å²) < 4.78 is 35.4. The van der Waals surface area contributed by atoms with E-state index in [1.807, 2.05) is 0 Å². The summed E-state index contributed by atoms with van der Waals surface area (Å²) in [5.41, 5.74) is -0.741. The summed E-state index contributed by atoms with van der Waals surface area (Å²) in [6, 6.07) is 4.71. The SMILES string of the molecule is C[C@@H](N(NC(=O)OC(C)(C)C)C(=S)Nc1ccc(Cl)cn1)[C@](O)(Cn1cncn1)c1ccc(F)cc1F. The Hall–Kier alpha value is -3.42. The highest BCUT2D eigenvalue weighted by atomic mass is 35.5. The van der Waals surface area contributed by atoms with Crippen LogP contribution in [0.1, 0.15) is 33.3 Å². The summed E-state index contributed by atoms with van der Waals surface area (Å²) in [7, 11) is 0. The molecular formula is C23H26ClF2N7O3S. The molecule has 0 fully saturated rings. The minimum atomic E-state index is -2.13. The molecule has 198 valence electrons. The number of hydrogen-bond acceptors (Lipinski definition) is 7. The summed E-state index contributed by atoms with van der Waals surface area (Å²) in [6.45, 7) is 6.17. The summed E-state index contributed by atoms with van der Waals surface area (Å²) in [5.74, 6) is -1.55. The number of aromatic nitrogens is 4. The highest BCUT2D eigenvalue weighted by Crippen LogP contribution is 2.32. The van der Waals surface area contributed by atoms with Gasteiger partial charge in [0.05, 0.1) is 17.6 Å². The van der Waals surface area contributed by atoms with Crippen molar-refractivity contribution in [1.82, 2.24) is 30.2 Å². The third-order valence-electron chi connectivity index (χ3n) is 5.14. The van der Waals surface area contributed by atoms with Crippen LogP contribution in [0.15, 0.2) is 49.2 Å². The average Bonchev–Trinajstić information content (AvgIpc) is 3.30. The Morgan fingerprint density at radius 1 is 1.30 bits per heavy atom. The van der Waals surface area contributed by atoms with Gasteiger partial charge in [-0.05, 0) is 58.1 Å². The summed E-state index contributed by atoms with van der Waals surface area (Å²) >= 11 is 11.4. The van der Waals surface area contributed by atoms with Crippen LogP contribution in [0.5, 0.6) is 0 Å². The Labute approximate surface area is 222 Å². The second-order valence-electron chi connectivity index (χ2n) is 9.09. The number of halogens is 3. The van der Waals surface area contributed by atoms with Gasteiger partial charge in [0.2, 0.25) is 0 Å². The second-order valence-corrected chi connectivity index (χ2v) is 9.92. The number of aliphatic hydroxyl groups is 1. The molecule has 10 nitrogen and oxygen atoms in total. The van der Waals surface area contributed by atoms with Crippen molar-refractivity contribution < 1.29 is 23.4 Å². The quantitative estimate of drug-likeness (QED) is 0.307. The van der Waals surface area contributed by atoms with E-state index in [9.17, 15) is 14.3 Å². The Morgan fingerprint density at radius 2 is 2.03 bits per heavy atom. The number of ether oxygens (including phenoxy) is 1. The molecule has 3 N–H and O–H groups in total. The maximum absolute atomic E-state index is 15.0. The molecule has 0 radical (unpaired) electrons. The van der Waals surface area contributed by atoms with Crippen LogP contribution < -0.4 is 10.7 Å². The molecule has 0 spiro atoms. The molecule has 1 amide bonds. The fraction of sp³-hybridized carbons (Fsp3) is 0.348. The number of benzene rings is 1. The van der Waals surface area contributed by atoms with Crippen molar-refractivity contribution in [2.75, 3.05) is 5.32 Å². The van der Waals surface area contributed by atoms with Gasteiger partial charge in [0, 0.05) is 17.8 Å². The summed E-state index contributed by atoms with van der Waals surface area (Å²) in [6.07, 6.45) is 3.05. The van der Waals surface area contributed by atoms with Gasteiger partial charge < -0.3 is 15.2 Å².